The van der Waals surface area contributed by atoms with Crippen LogP contribution in [0.25, 0.3) is 0 Å². The van der Waals surface area contributed by atoms with Crippen LogP contribution in [0.2, 0.25) is 10.0 Å². The van der Waals surface area contributed by atoms with Gasteiger partial charge in [0.15, 0.2) is 0 Å². The number of nitrogens with one attached hydrogen (secondary N) is 1. The van der Waals surface area contributed by atoms with Gasteiger partial charge in [-0.3, -0.25) is 0 Å². The Bertz CT molecular complexity index is 499. The van der Waals surface area contributed by atoms with Crippen LogP contribution in [0.5, 0.6) is 0 Å². The summed E-state index contributed by atoms with van der Waals surface area (Å²) in [4.78, 5) is 0. The Morgan fingerprint density at radius 3 is 2.81 bits per heavy atom. The van der Waals surface area contributed by atoms with Gasteiger partial charge >= 0.3 is 0 Å². The standard InChI is InChI=1S/C10H9Cl2N3S/c1-6-14-15-10(16-6)13-5-7-4-8(11)2-3-9(7)12/h2-4H,5H2,1H3,(H,13,15). The van der Waals surface area contributed by atoms with Gasteiger partial charge in [0.05, 0.1) is 0 Å². The molecular weight excluding hydrogens is 265 g/mol. The molecule has 84 valence electrons. The predicted octanol–water partition coefficient (Wildman–Crippen LogP) is 3.77. The highest BCUT2D eigenvalue weighted by Crippen LogP contribution is 2.22. The maximum atomic E-state index is 6.04. The van der Waals surface area contributed by atoms with E-state index in [1.165, 1.54) is 11.3 Å². The highest BCUT2D eigenvalue weighted by Gasteiger charge is 2.03. The summed E-state index contributed by atoms with van der Waals surface area (Å²) in [6.07, 6.45) is 0. The normalized spacial score (nSPS) is 10.4. The van der Waals surface area contributed by atoms with Crippen molar-refractivity contribution >= 4 is 39.7 Å². The van der Waals surface area contributed by atoms with Crippen molar-refractivity contribution in [3.8, 4) is 0 Å². The van der Waals surface area contributed by atoms with Crippen molar-refractivity contribution in [1.29, 1.82) is 0 Å². The largest absolute Gasteiger partial charge is 0.356 e. The van der Waals surface area contributed by atoms with Crippen molar-refractivity contribution < 1.29 is 0 Å². The van der Waals surface area contributed by atoms with E-state index < -0.39 is 0 Å². The quantitative estimate of drug-likeness (QED) is 0.925. The number of aryl methyl sites for hydroxylation is 1. The summed E-state index contributed by atoms with van der Waals surface area (Å²) in [6.45, 7) is 2.50. The molecule has 6 heteroatoms. The smallest absolute Gasteiger partial charge is 0.205 e. The fraction of sp³-hybridized carbons (Fsp3) is 0.200. The minimum Gasteiger partial charge on any atom is -0.356 e. The van der Waals surface area contributed by atoms with Gasteiger partial charge in [0.25, 0.3) is 0 Å². The van der Waals surface area contributed by atoms with Crippen LogP contribution in [0, 0.1) is 6.92 Å². The van der Waals surface area contributed by atoms with Crippen molar-refractivity contribution in [3.63, 3.8) is 0 Å². The molecule has 0 aliphatic heterocycles. The van der Waals surface area contributed by atoms with E-state index >= 15 is 0 Å². The first-order chi connectivity index (χ1) is 7.65. The average Bonchev–Trinajstić information content (AvgIpc) is 2.66. The fourth-order valence-corrected chi connectivity index (χ4v) is 2.18. The van der Waals surface area contributed by atoms with Gasteiger partial charge in [0.1, 0.15) is 5.01 Å². The Hall–Kier alpha value is -0.840. The van der Waals surface area contributed by atoms with E-state index in [1.54, 1.807) is 12.1 Å². The van der Waals surface area contributed by atoms with Crippen molar-refractivity contribution in [2.45, 2.75) is 13.5 Å². The Morgan fingerprint density at radius 2 is 2.12 bits per heavy atom. The summed E-state index contributed by atoms with van der Waals surface area (Å²) < 4.78 is 0. The SMILES string of the molecule is Cc1nnc(NCc2cc(Cl)ccc2Cl)s1. The average molecular weight is 274 g/mol. The number of benzene rings is 1. The monoisotopic (exact) mass is 273 g/mol. The van der Waals surface area contributed by atoms with Gasteiger partial charge in [-0.05, 0) is 30.7 Å². The molecule has 1 heterocycles. The number of nitrogens with zero attached hydrogens (tertiary/aromatic N) is 2. The first kappa shape index (κ1) is 11.6. The summed E-state index contributed by atoms with van der Waals surface area (Å²) in [6, 6.07) is 5.39. The van der Waals surface area contributed by atoms with Crippen LogP contribution in [0.3, 0.4) is 0 Å². The first-order valence-corrected chi connectivity index (χ1v) is 6.20. The Morgan fingerprint density at radius 1 is 1.31 bits per heavy atom. The van der Waals surface area contributed by atoms with Crippen molar-refractivity contribution in [2.24, 2.45) is 0 Å². The Balaban J connectivity index is 2.07. The second-order valence-electron chi connectivity index (χ2n) is 3.22. The summed E-state index contributed by atoms with van der Waals surface area (Å²) >= 11 is 13.4. The number of rotatable bonds is 3. The fourth-order valence-electron chi connectivity index (χ4n) is 1.22. The summed E-state index contributed by atoms with van der Waals surface area (Å²) in [7, 11) is 0. The molecule has 0 saturated carbocycles. The number of aromatic nitrogens is 2. The molecule has 1 aromatic carbocycles. The van der Waals surface area contributed by atoms with E-state index in [0.29, 0.717) is 16.6 Å². The summed E-state index contributed by atoms with van der Waals surface area (Å²) in [5.41, 5.74) is 0.946. The van der Waals surface area contributed by atoms with Crippen LogP contribution in [0.4, 0.5) is 5.13 Å². The zero-order chi connectivity index (χ0) is 11.5. The highest BCUT2D eigenvalue weighted by atomic mass is 35.5. The molecule has 0 spiro atoms. The third kappa shape index (κ3) is 2.84. The molecule has 2 aromatic rings. The maximum absolute atomic E-state index is 6.04. The molecule has 0 atom stereocenters. The van der Waals surface area contributed by atoms with Gasteiger partial charge in [0.2, 0.25) is 5.13 Å². The van der Waals surface area contributed by atoms with E-state index in [9.17, 15) is 0 Å². The second kappa shape index (κ2) is 4.99. The molecule has 0 bridgehead atoms. The summed E-state index contributed by atoms with van der Waals surface area (Å²) in [5.74, 6) is 0. The molecule has 3 nitrogen and oxygen atoms in total. The Kier molecular flexibility index (Phi) is 3.63. The molecule has 1 N–H and O–H groups in total. The second-order valence-corrected chi connectivity index (χ2v) is 5.24. The van der Waals surface area contributed by atoms with Crippen molar-refractivity contribution in [2.75, 3.05) is 5.32 Å². The van der Waals surface area contributed by atoms with Crippen LogP contribution in [-0.4, -0.2) is 10.2 Å². The van der Waals surface area contributed by atoms with Crippen LogP contribution in [-0.2, 0) is 6.54 Å². The van der Waals surface area contributed by atoms with Crippen LogP contribution >= 0.6 is 34.5 Å². The zero-order valence-corrected chi connectivity index (χ0v) is 10.8. The third-order valence-corrected chi connectivity index (χ3v) is 3.36. The molecule has 0 unspecified atom stereocenters. The molecule has 0 aliphatic rings. The van der Waals surface area contributed by atoms with Gasteiger partial charge in [0, 0.05) is 16.6 Å². The van der Waals surface area contributed by atoms with Crippen LogP contribution in [0.15, 0.2) is 18.2 Å². The summed E-state index contributed by atoms with van der Waals surface area (Å²) in [5, 5.41) is 14.1. The number of halogens is 2. The van der Waals surface area contributed by atoms with Crippen molar-refractivity contribution in [1.82, 2.24) is 10.2 Å². The first-order valence-electron chi connectivity index (χ1n) is 4.63. The van der Waals surface area contributed by atoms with Crippen LogP contribution < -0.4 is 5.32 Å². The number of hydrogen-bond donors (Lipinski definition) is 1. The predicted molar refractivity (Wildman–Crippen MR) is 68.4 cm³/mol. The third-order valence-electron chi connectivity index (χ3n) is 1.96. The molecule has 0 radical (unpaired) electrons. The molecular formula is C10H9Cl2N3S. The van der Waals surface area contributed by atoms with Gasteiger partial charge in [-0.1, -0.05) is 34.5 Å². The lowest BCUT2D eigenvalue weighted by molar-refractivity contribution is 1.02. The number of anilines is 1. The lowest BCUT2D eigenvalue weighted by Crippen LogP contribution is -1.99. The molecule has 0 amide bonds. The number of hydrogen-bond acceptors (Lipinski definition) is 4. The van der Waals surface area contributed by atoms with E-state index in [0.717, 1.165) is 15.7 Å². The van der Waals surface area contributed by atoms with E-state index in [1.807, 2.05) is 13.0 Å². The minimum absolute atomic E-state index is 0.591. The molecule has 2 rings (SSSR count). The minimum atomic E-state index is 0.591. The molecule has 16 heavy (non-hydrogen) atoms. The van der Waals surface area contributed by atoms with E-state index in [2.05, 4.69) is 15.5 Å². The zero-order valence-electron chi connectivity index (χ0n) is 8.50. The van der Waals surface area contributed by atoms with E-state index in [-0.39, 0.29) is 0 Å². The molecule has 1 aromatic heterocycles. The molecule has 0 fully saturated rings. The van der Waals surface area contributed by atoms with Gasteiger partial charge in [-0.15, -0.1) is 10.2 Å². The lowest BCUT2D eigenvalue weighted by Gasteiger charge is -2.05. The van der Waals surface area contributed by atoms with Crippen molar-refractivity contribution in [3.05, 3.63) is 38.8 Å². The van der Waals surface area contributed by atoms with Crippen LogP contribution in [0.1, 0.15) is 10.6 Å². The molecule has 0 aliphatic carbocycles. The van der Waals surface area contributed by atoms with Gasteiger partial charge < -0.3 is 5.32 Å². The highest BCUT2D eigenvalue weighted by molar-refractivity contribution is 7.15. The van der Waals surface area contributed by atoms with Gasteiger partial charge in [-0.2, -0.15) is 0 Å². The van der Waals surface area contributed by atoms with Gasteiger partial charge in [-0.25, -0.2) is 0 Å². The maximum Gasteiger partial charge on any atom is 0.205 e. The Labute approximate surface area is 107 Å². The topological polar surface area (TPSA) is 37.8 Å². The lowest BCUT2D eigenvalue weighted by atomic mass is 10.2. The van der Waals surface area contributed by atoms with E-state index in [4.69, 9.17) is 23.2 Å². The molecule has 0 saturated heterocycles.